The molecular weight excluding hydrogens is 330 g/mol. The number of nitrogens with one attached hydrogen (secondary N) is 1. The van der Waals surface area contributed by atoms with Gasteiger partial charge in [-0.25, -0.2) is 0 Å². The van der Waals surface area contributed by atoms with Crippen LogP contribution in [0.2, 0.25) is 0 Å². The van der Waals surface area contributed by atoms with Crippen LogP contribution in [-0.2, 0) is 6.54 Å². The molecule has 26 heavy (non-hydrogen) atoms. The summed E-state index contributed by atoms with van der Waals surface area (Å²) in [6, 6.07) is 6.66. The van der Waals surface area contributed by atoms with Gasteiger partial charge in [-0.05, 0) is 38.0 Å². The SMILES string of the molecule is CCC[NH+](CCC)Cc1c([O-])ccc2c1O/C(=C\c1ccc(C)o1)C2=O. The average Bonchev–Trinajstić information content (AvgIpc) is 3.15. The summed E-state index contributed by atoms with van der Waals surface area (Å²) in [5.41, 5.74) is 1.05. The van der Waals surface area contributed by atoms with Crippen molar-refractivity contribution in [3.63, 3.8) is 0 Å². The number of aryl methyl sites for hydroxylation is 1. The van der Waals surface area contributed by atoms with Gasteiger partial charge in [0.15, 0.2) is 5.76 Å². The summed E-state index contributed by atoms with van der Waals surface area (Å²) in [7, 11) is 0. The van der Waals surface area contributed by atoms with Crippen molar-refractivity contribution < 1.29 is 24.0 Å². The fourth-order valence-corrected chi connectivity index (χ4v) is 3.38. The second-order valence-electron chi connectivity index (χ2n) is 6.73. The zero-order chi connectivity index (χ0) is 18.7. The van der Waals surface area contributed by atoms with E-state index in [2.05, 4.69) is 13.8 Å². The molecule has 0 saturated carbocycles. The van der Waals surface area contributed by atoms with E-state index in [0.717, 1.165) is 31.7 Å². The van der Waals surface area contributed by atoms with Gasteiger partial charge < -0.3 is 19.2 Å². The number of furan rings is 1. The summed E-state index contributed by atoms with van der Waals surface area (Å²) >= 11 is 0. The van der Waals surface area contributed by atoms with E-state index >= 15 is 0 Å². The minimum Gasteiger partial charge on any atom is -0.872 e. The van der Waals surface area contributed by atoms with Crippen LogP contribution in [0.4, 0.5) is 0 Å². The lowest BCUT2D eigenvalue weighted by Crippen LogP contribution is -3.10. The minimum atomic E-state index is -0.206. The first kappa shape index (κ1) is 18.3. The molecule has 0 saturated heterocycles. The van der Waals surface area contributed by atoms with E-state index in [1.165, 1.54) is 11.0 Å². The van der Waals surface area contributed by atoms with Crippen LogP contribution in [0, 0.1) is 6.92 Å². The molecule has 1 N–H and O–H groups in total. The number of allylic oxidation sites excluding steroid dienone is 1. The molecule has 3 rings (SSSR count). The molecule has 5 heteroatoms. The highest BCUT2D eigenvalue weighted by Crippen LogP contribution is 2.38. The quantitative estimate of drug-likeness (QED) is 0.775. The molecule has 2 aromatic rings. The fourth-order valence-electron chi connectivity index (χ4n) is 3.38. The van der Waals surface area contributed by atoms with Crippen LogP contribution < -0.4 is 14.7 Å². The van der Waals surface area contributed by atoms with Gasteiger partial charge in [0.25, 0.3) is 0 Å². The molecule has 0 atom stereocenters. The van der Waals surface area contributed by atoms with E-state index in [-0.39, 0.29) is 17.3 Å². The highest BCUT2D eigenvalue weighted by molar-refractivity contribution is 6.14. The molecule has 2 heterocycles. The smallest absolute Gasteiger partial charge is 0.232 e. The van der Waals surface area contributed by atoms with Crippen molar-refractivity contribution in [2.45, 2.75) is 40.2 Å². The second kappa shape index (κ2) is 7.79. The van der Waals surface area contributed by atoms with Crippen molar-refractivity contribution in [1.29, 1.82) is 0 Å². The molecule has 138 valence electrons. The van der Waals surface area contributed by atoms with Gasteiger partial charge in [-0.15, -0.1) is 0 Å². The van der Waals surface area contributed by atoms with Crippen molar-refractivity contribution in [2.75, 3.05) is 13.1 Å². The number of Topliss-reactive ketones (excluding diaryl/α,β-unsaturated/α-hetero) is 1. The predicted molar refractivity (Wildman–Crippen MR) is 97.3 cm³/mol. The van der Waals surface area contributed by atoms with Crippen molar-refractivity contribution in [3.8, 4) is 11.5 Å². The summed E-state index contributed by atoms with van der Waals surface area (Å²) < 4.78 is 11.3. The highest BCUT2D eigenvalue weighted by atomic mass is 16.5. The highest BCUT2D eigenvalue weighted by Gasteiger charge is 2.31. The van der Waals surface area contributed by atoms with Gasteiger partial charge in [-0.1, -0.05) is 25.7 Å². The van der Waals surface area contributed by atoms with Crippen LogP contribution in [0.25, 0.3) is 6.08 Å². The first-order chi connectivity index (χ1) is 12.5. The Balaban J connectivity index is 1.92. The molecule has 0 spiro atoms. The van der Waals surface area contributed by atoms with E-state index < -0.39 is 0 Å². The van der Waals surface area contributed by atoms with Crippen LogP contribution in [0.1, 0.15) is 54.1 Å². The third kappa shape index (κ3) is 3.68. The summed E-state index contributed by atoms with van der Waals surface area (Å²) in [6.07, 6.45) is 3.68. The van der Waals surface area contributed by atoms with Crippen molar-refractivity contribution in [2.24, 2.45) is 0 Å². The number of rotatable bonds is 7. The molecule has 0 unspecified atom stereocenters. The lowest BCUT2D eigenvalue weighted by atomic mass is 10.0. The number of ether oxygens (including phenoxy) is 1. The second-order valence-corrected chi connectivity index (χ2v) is 6.73. The van der Waals surface area contributed by atoms with Gasteiger partial charge in [-0.2, -0.15) is 0 Å². The van der Waals surface area contributed by atoms with Crippen LogP contribution in [0.3, 0.4) is 0 Å². The van der Waals surface area contributed by atoms with Crippen LogP contribution in [0.15, 0.2) is 34.4 Å². The van der Waals surface area contributed by atoms with Crippen molar-refractivity contribution >= 4 is 11.9 Å². The molecule has 1 aromatic carbocycles. The molecular formula is C21H25NO4. The van der Waals surface area contributed by atoms with Gasteiger partial charge in [0.1, 0.15) is 23.8 Å². The Morgan fingerprint density at radius 1 is 1.12 bits per heavy atom. The number of quaternary nitrogens is 1. The number of fused-ring (bicyclic) bond motifs is 1. The normalized spacial score (nSPS) is 14.9. The maximum Gasteiger partial charge on any atom is 0.232 e. The standard InChI is InChI=1S/C21H25NO4/c1-4-10-22(11-5-2)13-17-18(23)9-8-16-20(24)19(26-21(16)17)12-15-7-6-14(3)25-15/h6-9,12,23H,4-5,10-11,13H2,1-3H3/b19-12-. The van der Waals surface area contributed by atoms with Gasteiger partial charge in [0, 0.05) is 11.6 Å². The summed E-state index contributed by atoms with van der Waals surface area (Å²) in [6.45, 7) is 8.65. The summed E-state index contributed by atoms with van der Waals surface area (Å²) in [5.74, 6) is 1.67. The molecule has 0 radical (unpaired) electrons. The largest absolute Gasteiger partial charge is 0.872 e. The monoisotopic (exact) mass is 355 g/mol. The third-order valence-corrected chi connectivity index (χ3v) is 4.57. The van der Waals surface area contributed by atoms with Gasteiger partial charge in [-0.3, -0.25) is 4.79 Å². The maximum atomic E-state index is 12.7. The van der Waals surface area contributed by atoms with Gasteiger partial charge >= 0.3 is 0 Å². The zero-order valence-electron chi connectivity index (χ0n) is 15.6. The van der Waals surface area contributed by atoms with E-state index in [9.17, 15) is 9.90 Å². The van der Waals surface area contributed by atoms with E-state index in [0.29, 0.717) is 29.2 Å². The average molecular weight is 355 g/mol. The van der Waals surface area contributed by atoms with Crippen molar-refractivity contribution in [1.82, 2.24) is 0 Å². The minimum absolute atomic E-state index is 0.0728. The number of carbonyl (C=O) groups excluding carboxylic acids is 1. The Bertz CT molecular complexity index is 829. The number of hydrogen-bond donors (Lipinski definition) is 1. The van der Waals surface area contributed by atoms with E-state index in [4.69, 9.17) is 9.15 Å². The number of ketones is 1. The van der Waals surface area contributed by atoms with E-state index in [1.807, 2.05) is 13.0 Å². The van der Waals surface area contributed by atoms with Crippen LogP contribution in [-0.4, -0.2) is 18.9 Å². The zero-order valence-corrected chi connectivity index (χ0v) is 15.6. The Morgan fingerprint density at radius 2 is 1.85 bits per heavy atom. The Kier molecular flexibility index (Phi) is 5.47. The molecule has 0 aliphatic carbocycles. The Labute approximate surface area is 153 Å². The number of carbonyl (C=O) groups is 1. The van der Waals surface area contributed by atoms with Crippen molar-refractivity contribution in [3.05, 3.63) is 52.7 Å². The Morgan fingerprint density at radius 3 is 2.46 bits per heavy atom. The Hall–Kier alpha value is -2.53. The van der Waals surface area contributed by atoms with Crippen LogP contribution in [0.5, 0.6) is 11.5 Å². The lowest BCUT2D eigenvalue weighted by molar-refractivity contribution is -0.914. The number of hydrogen-bond acceptors (Lipinski definition) is 4. The summed E-state index contributed by atoms with van der Waals surface area (Å²) in [5, 5.41) is 12.5. The lowest BCUT2D eigenvalue weighted by Gasteiger charge is -2.23. The first-order valence-corrected chi connectivity index (χ1v) is 9.20. The maximum absolute atomic E-state index is 12.7. The van der Waals surface area contributed by atoms with Gasteiger partial charge in [0.2, 0.25) is 5.78 Å². The molecule has 1 aromatic heterocycles. The third-order valence-electron chi connectivity index (χ3n) is 4.57. The molecule has 0 fully saturated rings. The molecule has 1 aliphatic rings. The van der Waals surface area contributed by atoms with Gasteiger partial charge in [0.05, 0.1) is 18.7 Å². The topological polar surface area (TPSA) is 66.9 Å². The molecule has 0 amide bonds. The first-order valence-electron chi connectivity index (χ1n) is 9.20. The molecule has 5 nitrogen and oxygen atoms in total. The molecule has 1 aliphatic heterocycles. The predicted octanol–water partition coefficient (Wildman–Crippen LogP) is 2.48. The summed E-state index contributed by atoms with van der Waals surface area (Å²) in [4.78, 5) is 14.0. The molecule has 0 bridgehead atoms. The van der Waals surface area contributed by atoms with E-state index in [1.54, 1.807) is 18.2 Å². The van der Waals surface area contributed by atoms with Crippen LogP contribution >= 0.6 is 0 Å². The number of benzene rings is 1. The fraction of sp³-hybridized carbons (Fsp3) is 0.381.